The van der Waals surface area contributed by atoms with Gasteiger partial charge in [0.2, 0.25) is 0 Å². The molecule has 3 nitrogen and oxygen atoms in total. The quantitative estimate of drug-likeness (QED) is 0.879. The molecule has 1 aromatic carbocycles. The van der Waals surface area contributed by atoms with E-state index >= 15 is 0 Å². The first-order valence-electron chi connectivity index (χ1n) is 8.96. The smallest absolute Gasteiger partial charge is 0.0752 e. The number of para-hydroxylation sites is 1. The molecule has 0 unspecified atom stereocenters. The van der Waals surface area contributed by atoms with Crippen LogP contribution in [0.3, 0.4) is 0 Å². The van der Waals surface area contributed by atoms with E-state index < -0.39 is 0 Å². The number of hydrogen-bond donors (Lipinski definition) is 1. The van der Waals surface area contributed by atoms with Crippen LogP contribution < -0.4 is 5.32 Å². The zero-order valence-corrected chi connectivity index (χ0v) is 14.7. The molecule has 3 heteroatoms. The minimum absolute atomic E-state index is 0.781. The molecule has 1 saturated carbocycles. The zero-order valence-electron chi connectivity index (χ0n) is 14.7. The van der Waals surface area contributed by atoms with Gasteiger partial charge in [0.05, 0.1) is 5.52 Å². The van der Waals surface area contributed by atoms with E-state index in [1.54, 1.807) is 0 Å². The Bertz CT molecular complexity index is 659. The molecule has 0 radical (unpaired) electrons. The number of benzene rings is 1. The fourth-order valence-corrected chi connectivity index (χ4v) is 3.77. The number of anilines is 1. The number of pyridine rings is 1. The Kier molecular flexibility index (Phi) is 5.16. The highest BCUT2D eigenvalue weighted by molar-refractivity contribution is 5.94. The third-order valence-electron chi connectivity index (χ3n) is 5.25. The van der Waals surface area contributed by atoms with Crippen LogP contribution in [-0.4, -0.2) is 36.1 Å². The molecule has 1 aliphatic carbocycles. The maximum atomic E-state index is 4.61. The molecule has 2 aromatic rings. The van der Waals surface area contributed by atoms with Crippen LogP contribution in [-0.2, 0) is 0 Å². The summed E-state index contributed by atoms with van der Waals surface area (Å²) in [4.78, 5) is 7.14. The number of nitrogens with one attached hydrogen (secondary N) is 1. The van der Waals surface area contributed by atoms with Crippen LogP contribution in [0.5, 0.6) is 0 Å². The molecule has 0 bridgehead atoms. The standard InChI is InChI=1S/C20H29N3/c1-15-8-7-11-18-19(15)22-14-16(2)20(18)21-12-13-23(3)17-9-5-4-6-10-17/h7-8,11,14,17H,4-6,9-10,12-13H2,1-3H3,(H,21,22). The lowest BCUT2D eigenvalue weighted by molar-refractivity contribution is 0.198. The molecule has 0 saturated heterocycles. The van der Waals surface area contributed by atoms with E-state index in [-0.39, 0.29) is 0 Å². The lowest BCUT2D eigenvalue weighted by Crippen LogP contribution is -2.36. The normalized spacial score (nSPS) is 16.2. The number of hydrogen-bond acceptors (Lipinski definition) is 3. The number of likely N-dealkylation sites (N-methyl/N-ethyl adjacent to an activating group) is 1. The molecule has 23 heavy (non-hydrogen) atoms. The summed E-state index contributed by atoms with van der Waals surface area (Å²) < 4.78 is 0. The molecule has 1 aromatic heterocycles. The van der Waals surface area contributed by atoms with Gasteiger partial charge in [-0.1, -0.05) is 37.5 Å². The van der Waals surface area contributed by atoms with Gasteiger partial charge in [-0.25, -0.2) is 0 Å². The Morgan fingerprint density at radius 1 is 1.13 bits per heavy atom. The second-order valence-electron chi connectivity index (χ2n) is 6.99. The number of nitrogens with zero attached hydrogens (tertiary/aromatic N) is 2. The fourth-order valence-electron chi connectivity index (χ4n) is 3.77. The monoisotopic (exact) mass is 311 g/mol. The minimum atomic E-state index is 0.781. The fraction of sp³-hybridized carbons (Fsp3) is 0.550. The van der Waals surface area contributed by atoms with Crippen LogP contribution in [0.25, 0.3) is 10.9 Å². The maximum absolute atomic E-state index is 4.61. The van der Waals surface area contributed by atoms with Crippen molar-refractivity contribution in [2.75, 3.05) is 25.5 Å². The third kappa shape index (κ3) is 3.66. The van der Waals surface area contributed by atoms with E-state index in [4.69, 9.17) is 0 Å². The Morgan fingerprint density at radius 2 is 1.91 bits per heavy atom. The van der Waals surface area contributed by atoms with Gasteiger partial charge in [0.25, 0.3) is 0 Å². The maximum Gasteiger partial charge on any atom is 0.0752 e. The molecule has 1 aliphatic rings. The van der Waals surface area contributed by atoms with Gasteiger partial charge in [-0.3, -0.25) is 4.98 Å². The molecular weight excluding hydrogens is 282 g/mol. The highest BCUT2D eigenvalue weighted by atomic mass is 15.1. The van der Waals surface area contributed by atoms with Crippen molar-refractivity contribution >= 4 is 16.6 Å². The van der Waals surface area contributed by atoms with Gasteiger partial charge in [0.1, 0.15) is 0 Å². The third-order valence-corrected chi connectivity index (χ3v) is 5.25. The Morgan fingerprint density at radius 3 is 2.70 bits per heavy atom. The number of aromatic nitrogens is 1. The van der Waals surface area contributed by atoms with Gasteiger partial charge in [0.15, 0.2) is 0 Å². The first-order chi connectivity index (χ1) is 11.2. The summed E-state index contributed by atoms with van der Waals surface area (Å²) in [6.45, 7) is 6.36. The molecule has 0 spiro atoms. The Balaban J connectivity index is 1.67. The summed E-state index contributed by atoms with van der Waals surface area (Å²) in [6.07, 6.45) is 8.94. The molecule has 0 amide bonds. The van der Waals surface area contributed by atoms with Crippen LogP contribution >= 0.6 is 0 Å². The van der Waals surface area contributed by atoms with E-state index in [1.165, 1.54) is 54.3 Å². The van der Waals surface area contributed by atoms with Gasteiger partial charge < -0.3 is 10.2 Å². The van der Waals surface area contributed by atoms with Crippen molar-refractivity contribution in [2.45, 2.75) is 52.0 Å². The molecule has 0 atom stereocenters. The molecule has 124 valence electrons. The predicted molar refractivity (Wildman–Crippen MR) is 99.2 cm³/mol. The Hall–Kier alpha value is -1.61. The van der Waals surface area contributed by atoms with Crippen molar-refractivity contribution in [3.8, 4) is 0 Å². The van der Waals surface area contributed by atoms with Crippen LogP contribution in [0.15, 0.2) is 24.4 Å². The van der Waals surface area contributed by atoms with Crippen molar-refractivity contribution in [1.82, 2.24) is 9.88 Å². The predicted octanol–water partition coefficient (Wildman–Crippen LogP) is 4.53. The van der Waals surface area contributed by atoms with Crippen LogP contribution in [0, 0.1) is 13.8 Å². The van der Waals surface area contributed by atoms with Gasteiger partial charge in [-0.2, -0.15) is 0 Å². The van der Waals surface area contributed by atoms with Gasteiger partial charge in [-0.05, 0) is 44.9 Å². The zero-order chi connectivity index (χ0) is 16.2. The molecule has 1 fully saturated rings. The van der Waals surface area contributed by atoms with Gasteiger partial charge in [0, 0.05) is 36.4 Å². The van der Waals surface area contributed by atoms with Gasteiger partial charge in [-0.15, -0.1) is 0 Å². The summed E-state index contributed by atoms with van der Waals surface area (Å²) >= 11 is 0. The van der Waals surface area contributed by atoms with Crippen molar-refractivity contribution in [3.63, 3.8) is 0 Å². The largest absolute Gasteiger partial charge is 0.383 e. The van der Waals surface area contributed by atoms with Crippen molar-refractivity contribution in [2.24, 2.45) is 0 Å². The first-order valence-corrected chi connectivity index (χ1v) is 8.96. The van der Waals surface area contributed by atoms with Crippen LogP contribution in [0.4, 0.5) is 5.69 Å². The average molecular weight is 311 g/mol. The molecule has 3 rings (SSSR count). The second-order valence-corrected chi connectivity index (χ2v) is 6.99. The summed E-state index contributed by atoms with van der Waals surface area (Å²) in [6, 6.07) is 7.21. The second kappa shape index (κ2) is 7.31. The summed E-state index contributed by atoms with van der Waals surface area (Å²) in [5, 5.41) is 4.91. The number of rotatable bonds is 5. The summed E-state index contributed by atoms with van der Waals surface area (Å²) in [5.74, 6) is 0. The molecule has 1 N–H and O–H groups in total. The van der Waals surface area contributed by atoms with Crippen molar-refractivity contribution in [1.29, 1.82) is 0 Å². The van der Waals surface area contributed by atoms with E-state index in [2.05, 4.69) is 54.3 Å². The lowest BCUT2D eigenvalue weighted by Gasteiger charge is -2.31. The molecule has 0 aliphatic heterocycles. The van der Waals surface area contributed by atoms with Crippen LogP contribution in [0.2, 0.25) is 0 Å². The van der Waals surface area contributed by atoms with Crippen molar-refractivity contribution < 1.29 is 0 Å². The summed E-state index contributed by atoms with van der Waals surface area (Å²) in [7, 11) is 2.28. The number of aryl methyl sites for hydroxylation is 2. The van der Waals surface area contributed by atoms with E-state index in [0.29, 0.717) is 0 Å². The summed E-state index contributed by atoms with van der Waals surface area (Å²) in [5.41, 5.74) is 4.82. The SMILES string of the molecule is Cc1cnc2c(C)cccc2c1NCCN(C)C1CCCCC1. The van der Waals surface area contributed by atoms with E-state index in [1.807, 2.05) is 6.20 Å². The van der Waals surface area contributed by atoms with E-state index in [0.717, 1.165) is 24.6 Å². The van der Waals surface area contributed by atoms with Crippen molar-refractivity contribution in [3.05, 3.63) is 35.5 Å². The highest BCUT2D eigenvalue weighted by Gasteiger charge is 2.17. The molecule has 1 heterocycles. The lowest BCUT2D eigenvalue weighted by atomic mass is 9.94. The highest BCUT2D eigenvalue weighted by Crippen LogP contribution is 2.27. The van der Waals surface area contributed by atoms with E-state index in [9.17, 15) is 0 Å². The number of fused-ring (bicyclic) bond motifs is 1. The van der Waals surface area contributed by atoms with Crippen LogP contribution in [0.1, 0.15) is 43.2 Å². The average Bonchev–Trinajstić information content (AvgIpc) is 2.57. The molecular formula is C20H29N3. The minimum Gasteiger partial charge on any atom is -0.383 e. The topological polar surface area (TPSA) is 28.2 Å². The Labute approximate surface area is 140 Å². The van der Waals surface area contributed by atoms with Gasteiger partial charge >= 0.3 is 0 Å². The first kappa shape index (κ1) is 16.3.